The Morgan fingerprint density at radius 2 is 1.58 bits per heavy atom. The van der Waals surface area contributed by atoms with Crippen molar-refractivity contribution in [2.75, 3.05) is 32.8 Å². The van der Waals surface area contributed by atoms with Gasteiger partial charge in [-0.25, -0.2) is 4.79 Å². The number of nitrogens with one attached hydrogen (secondary N) is 1. The van der Waals surface area contributed by atoms with Crippen LogP contribution in [0.2, 0.25) is 0 Å². The second-order valence-electron chi connectivity index (χ2n) is 13.2. The number of carboxylic acids is 1. The molecule has 13 nitrogen and oxygen atoms in total. The largest absolute Gasteiger partial charge is 0.481 e. The third-order valence-corrected chi connectivity index (χ3v) is 8.31. The highest BCUT2D eigenvalue weighted by Gasteiger charge is 2.38. The molecule has 0 saturated carbocycles. The Morgan fingerprint density at radius 1 is 0.940 bits per heavy atom. The quantitative estimate of drug-likeness (QED) is 0.168. The molecule has 2 aromatic carbocycles. The van der Waals surface area contributed by atoms with Gasteiger partial charge in [-0.1, -0.05) is 67.6 Å². The fourth-order valence-corrected chi connectivity index (χ4v) is 5.98. The molecule has 1 unspecified atom stereocenters. The molecule has 2 aliphatic rings. The number of carboxylic acid groups (broad SMARTS) is 1. The predicted octanol–water partition coefficient (Wildman–Crippen LogP) is 4.04. The maximum absolute atomic E-state index is 13.4. The number of nitrogens with zero attached hydrogens (tertiary/aromatic N) is 2. The van der Waals surface area contributed by atoms with Crippen LogP contribution >= 0.6 is 0 Å². The van der Waals surface area contributed by atoms with E-state index < -0.39 is 60.0 Å². The fourth-order valence-electron chi connectivity index (χ4n) is 5.98. The van der Waals surface area contributed by atoms with Gasteiger partial charge in [0.05, 0.1) is 19.3 Å². The van der Waals surface area contributed by atoms with Crippen molar-refractivity contribution in [2.45, 2.75) is 77.0 Å². The molecule has 1 aliphatic carbocycles. The highest BCUT2D eigenvalue weighted by Crippen LogP contribution is 2.44. The summed E-state index contributed by atoms with van der Waals surface area (Å²) in [6.07, 6.45) is 1.13. The van der Waals surface area contributed by atoms with Crippen LogP contribution in [0.4, 0.5) is 4.79 Å². The van der Waals surface area contributed by atoms with Crippen LogP contribution in [0.15, 0.2) is 60.7 Å². The molecule has 2 N–H and O–H groups in total. The third kappa shape index (κ3) is 10.2. The van der Waals surface area contributed by atoms with E-state index in [4.69, 9.17) is 19.3 Å². The van der Waals surface area contributed by atoms with Crippen LogP contribution < -0.4 is 5.32 Å². The molecule has 50 heavy (non-hydrogen) atoms. The van der Waals surface area contributed by atoms with Crippen LogP contribution in [0.3, 0.4) is 0 Å². The molecule has 0 radical (unpaired) electrons. The van der Waals surface area contributed by atoms with Gasteiger partial charge in [-0.05, 0) is 49.4 Å². The molecule has 4 rings (SSSR count). The Labute approximate surface area is 291 Å². The van der Waals surface area contributed by atoms with Crippen LogP contribution in [0, 0.1) is 0 Å². The van der Waals surface area contributed by atoms with Gasteiger partial charge < -0.3 is 29.5 Å². The third-order valence-electron chi connectivity index (χ3n) is 8.31. The van der Waals surface area contributed by atoms with Gasteiger partial charge in [0.15, 0.2) is 0 Å². The van der Waals surface area contributed by atoms with Gasteiger partial charge >= 0.3 is 24.0 Å². The first-order valence-electron chi connectivity index (χ1n) is 16.7. The number of rotatable bonds is 14. The molecule has 0 aromatic heterocycles. The van der Waals surface area contributed by atoms with Crippen molar-refractivity contribution in [3.05, 3.63) is 71.8 Å². The summed E-state index contributed by atoms with van der Waals surface area (Å²) in [4.78, 5) is 78.2. The zero-order valence-corrected chi connectivity index (χ0v) is 28.9. The molecule has 2 aromatic rings. The van der Waals surface area contributed by atoms with Crippen LogP contribution in [-0.2, 0) is 38.2 Å². The molecular formula is C37H45N3O10. The van der Waals surface area contributed by atoms with E-state index >= 15 is 0 Å². The Balaban J connectivity index is 1.34. The second kappa shape index (κ2) is 17.0. The van der Waals surface area contributed by atoms with Crippen LogP contribution in [0.5, 0.6) is 0 Å². The summed E-state index contributed by atoms with van der Waals surface area (Å²) in [6, 6.07) is 14.7. The molecule has 2 atom stereocenters. The fraction of sp³-hybridized carbons (Fsp3) is 0.459. The average molecular weight is 692 g/mol. The molecule has 0 spiro atoms. The Kier molecular flexibility index (Phi) is 12.8. The number of carbonyl (C=O) groups is 6. The summed E-state index contributed by atoms with van der Waals surface area (Å²) in [7, 11) is 0. The van der Waals surface area contributed by atoms with E-state index in [0.717, 1.165) is 22.3 Å². The van der Waals surface area contributed by atoms with Crippen molar-refractivity contribution in [1.29, 1.82) is 0 Å². The van der Waals surface area contributed by atoms with E-state index in [1.807, 2.05) is 48.5 Å². The second-order valence-corrected chi connectivity index (χ2v) is 13.2. The number of hydrogen-bond donors (Lipinski definition) is 2. The van der Waals surface area contributed by atoms with Gasteiger partial charge in [0.1, 0.15) is 30.9 Å². The topological polar surface area (TPSA) is 169 Å². The van der Waals surface area contributed by atoms with Crippen LogP contribution in [-0.4, -0.2) is 101 Å². The van der Waals surface area contributed by atoms with E-state index in [2.05, 4.69) is 5.32 Å². The van der Waals surface area contributed by atoms with Crippen molar-refractivity contribution >= 4 is 35.8 Å². The number of hydrogen-bond acceptors (Lipinski definition) is 9. The van der Waals surface area contributed by atoms with Crippen molar-refractivity contribution in [1.82, 2.24) is 15.1 Å². The standard InChI is InChI=1S/C37H45N3O10/c1-5-24(20-32(42)43)49-33(44)16-10-11-17-38-35(46)30(21-34(45)50-37(2,3)4)40-19-18-39(22-31(40)41)36(47)48-23-29-27-14-8-6-12-25(27)26-13-7-9-15-28(26)29/h6-15,24,29-30H,5,16-23H2,1-4H3,(H,38,46)(H,42,43)/b11-10+/t24?,30-/m0/s1. The number of fused-ring (bicyclic) bond motifs is 3. The van der Waals surface area contributed by atoms with Crippen molar-refractivity contribution < 1.29 is 48.1 Å². The first-order valence-corrected chi connectivity index (χ1v) is 16.7. The average Bonchev–Trinajstić information content (AvgIpc) is 3.38. The monoisotopic (exact) mass is 691 g/mol. The molecule has 13 heteroatoms. The van der Waals surface area contributed by atoms with Crippen LogP contribution in [0.25, 0.3) is 11.1 Å². The van der Waals surface area contributed by atoms with Crippen molar-refractivity contribution in [3.63, 3.8) is 0 Å². The highest BCUT2D eigenvalue weighted by atomic mass is 16.6. The lowest BCUT2D eigenvalue weighted by molar-refractivity contribution is -0.160. The summed E-state index contributed by atoms with van der Waals surface area (Å²) in [5, 5.41) is 11.6. The number of carbonyl (C=O) groups excluding carboxylic acids is 5. The molecular weight excluding hydrogens is 646 g/mol. The smallest absolute Gasteiger partial charge is 0.410 e. The Hall–Kier alpha value is -5.20. The minimum atomic E-state index is -1.21. The maximum atomic E-state index is 13.4. The van der Waals surface area contributed by atoms with Gasteiger partial charge in [-0.2, -0.15) is 0 Å². The SMILES string of the molecule is CCC(CC(=O)O)OC(=O)C/C=C/CNC(=O)[C@H](CC(=O)OC(C)(C)C)N1CCN(C(=O)OCC2c3ccccc3-c3ccccc32)CC1=O. The molecule has 1 aliphatic heterocycles. The van der Waals surface area contributed by atoms with Gasteiger partial charge in [0, 0.05) is 25.6 Å². The van der Waals surface area contributed by atoms with Gasteiger partial charge in [-0.15, -0.1) is 0 Å². The first kappa shape index (κ1) is 37.6. The number of amides is 3. The summed E-state index contributed by atoms with van der Waals surface area (Å²) >= 11 is 0. The zero-order valence-electron chi connectivity index (χ0n) is 28.9. The lowest BCUT2D eigenvalue weighted by Gasteiger charge is -2.38. The van der Waals surface area contributed by atoms with Crippen molar-refractivity contribution in [3.8, 4) is 11.1 Å². The number of esters is 2. The van der Waals surface area contributed by atoms with E-state index in [1.54, 1.807) is 27.7 Å². The number of piperazine rings is 1. The number of ether oxygens (including phenoxy) is 3. The molecule has 1 heterocycles. The summed E-state index contributed by atoms with van der Waals surface area (Å²) in [5.41, 5.74) is 3.50. The van der Waals surface area contributed by atoms with E-state index in [-0.39, 0.29) is 51.5 Å². The predicted molar refractivity (Wildman–Crippen MR) is 182 cm³/mol. The summed E-state index contributed by atoms with van der Waals surface area (Å²) < 4.78 is 16.3. The summed E-state index contributed by atoms with van der Waals surface area (Å²) in [6.45, 7) is 6.61. The molecule has 3 amide bonds. The normalized spacial score (nSPS) is 15.6. The van der Waals surface area contributed by atoms with Gasteiger partial charge in [0.2, 0.25) is 11.8 Å². The van der Waals surface area contributed by atoms with E-state index in [9.17, 15) is 28.8 Å². The zero-order chi connectivity index (χ0) is 36.4. The van der Waals surface area contributed by atoms with Gasteiger partial charge in [-0.3, -0.25) is 28.9 Å². The number of aliphatic carboxylic acids is 1. The van der Waals surface area contributed by atoms with E-state index in [0.29, 0.717) is 6.42 Å². The van der Waals surface area contributed by atoms with Gasteiger partial charge in [0.25, 0.3) is 0 Å². The molecule has 1 saturated heterocycles. The lowest BCUT2D eigenvalue weighted by atomic mass is 9.98. The highest BCUT2D eigenvalue weighted by molar-refractivity contribution is 5.93. The maximum Gasteiger partial charge on any atom is 0.410 e. The molecule has 268 valence electrons. The lowest BCUT2D eigenvalue weighted by Crippen LogP contribution is -2.59. The Bertz CT molecular complexity index is 1570. The first-order chi connectivity index (χ1) is 23.8. The Morgan fingerprint density at radius 3 is 2.16 bits per heavy atom. The van der Waals surface area contributed by atoms with Crippen molar-refractivity contribution in [2.24, 2.45) is 0 Å². The van der Waals surface area contributed by atoms with Crippen LogP contribution in [0.1, 0.15) is 70.4 Å². The minimum absolute atomic E-state index is 0.0134. The summed E-state index contributed by atoms with van der Waals surface area (Å²) in [5.74, 6) is -3.63. The molecule has 0 bridgehead atoms. The number of benzene rings is 2. The van der Waals surface area contributed by atoms with E-state index in [1.165, 1.54) is 22.0 Å². The molecule has 1 fully saturated rings. The minimum Gasteiger partial charge on any atom is -0.481 e.